The molecular weight excluding hydrogens is 279 g/mol. The molecule has 0 radical (unpaired) electrons. The van der Waals surface area contributed by atoms with Gasteiger partial charge in [-0.15, -0.1) is 0 Å². The number of likely N-dealkylation sites (tertiary alicyclic amines) is 1. The number of alkyl halides is 1. The summed E-state index contributed by atoms with van der Waals surface area (Å²) in [5, 5.41) is 2.90. The van der Waals surface area contributed by atoms with Gasteiger partial charge < -0.3 is 19.7 Å². The van der Waals surface area contributed by atoms with E-state index < -0.39 is 28.7 Å². The van der Waals surface area contributed by atoms with Gasteiger partial charge in [0.25, 0.3) is 0 Å². The molecule has 2 heterocycles. The molecule has 0 saturated carbocycles. The molecule has 1 atom stereocenters. The molecule has 1 amide bonds. The second kappa shape index (κ2) is 5.12. The number of rotatable bonds is 2. The van der Waals surface area contributed by atoms with Crippen LogP contribution in [0.5, 0.6) is 0 Å². The highest BCUT2D eigenvalue weighted by Gasteiger charge is 2.68. The number of amides is 1. The first kappa shape index (κ1) is 16.0. The van der Waals surface area contributed by atoms with E-state index in [2.05, 4.69) is 5.32 Å². The minimum Gasteiger partial charge on any atom is -0.464 e. The van der Waals surface area contributed by atoms with Crippen LogP contribution in [0.25, 0.3) is 0 Å². The summed E-state index contributed by atoms with van der Waals surface area (Å²) in [4.78, 5) is 25.3. The Bertz CT molecular complexity index is 443. The predicted octanol–water partition coefficient (Wildman–Crippen LogP) is 1.10. The van der Waals surface area contributed by atoms with Crippen molar-refractivity contribution in [3.8, 4) is 0 Å². The first-order valence-corrected chi connectivity index (χ1v) is 7.18. The number of carbonyl (C=O) groups is 2. The number of esters is 1. The molecule has 0 bridgehead atoms. The zero-order chi connectivity index (χ0) is 15.9. The molecule has 1 spiro atoms. The van der Waals surface area contributed by atoms with Gasteiger partial charge in [-0.05, 0) is 27.7 Å². The Morgan fingerprint density at radius 2 is 1.90 bits per heavy atom. The number of carbonyl (C=O) groups excluding carboxylic acids is 2. The third-order valence-electron chi connectivity index (χ3n) is 3.91. The summed E-state index contributed by atoms with van der Waals surface area (Å²) >= 11 is 0. The van der Waals surface area contributed by atoms with Crippen molar-refractivity contribution in [1.82, 2.24) is 10.2 Å². The summed E-state index contributed by atoms with van der Waals surface area (Å²) in [5.41, 5.74) is -3.58. The van der Waals surface area contributed by atoms with Crippen molar-refractivity contribution in [1.29, 1.82) is 0 Å². The van der Waals surface area contributed by atoms with Crippen LogP contribution in [0.3, 0.4) is 0 Å². The quantitative estimate of drug-likeness (QED) is 0.774. The number of nitrogens with zero attached hydrogens (tertiary/aromatic N) is 1. The molecule has 0 unspecified atom stereocenters. The molecule has 2 aliphatic heterocycles. The summed E-state index contributed by atoms with van der Waals surface area (Å²) in [5.74, 6) is -0.848. The maximum atomic E-state index is 15.1. The Hall–Kier alpha value is -1.37. The van der Waals surface area contributed by atoms with E-state index >= 15 is 4.39 Å². The van der Waals surface area contributed by atoms with Gasteiger partial charge in [0.2, 0.25) is 5.67 Å². The van der Waals surface area contributed by atoms with Crippen molar-refractivity contribution in [3.05, 3.63) is 0 Å². The summed E-state index contributed by atoms with van der Waals surface area (Å²) in [6, 6.07) is 0. The van der Waals surface area contributed by atoms with Crippen molar-refractivity contribution in [3.63, 3.8) is 0 Å². The molecule has 0 aliphatic carbocycles. The van der Waals surface area contributed by atoms with Crippen LogP contribution in [-0.2, 0) is 14.3 Å². The average molecular weight is 302 g/mol. The van der Waals surface area contributed by atoms with Crippen LogP contribution in [0.15, 0.2) is 0 Å². The van der Waals surface area contributed by atoms with Crippen molar-refractivity contribution >= 4 is 12.1 Å². The van der Waals surface area contributed by atoms with Crippen LogP contribution in [0.1, 0.15) is 27.7 Å². The fraction of sp³-hybridized carbons (Fsp3) is 0.857. The lowest BCUT2D eigenvalue weighted by Gasteiger charge is -2.51. The van der Waals surface area contributed by atoms with Gasteiger partial charge in [0.15, 0.2) is 0 Å². The Kier molecular flexibility index (Phi) is 3.90. The molecule has 6 nitrogen and oxygen atoms in total. The van der Waals surface area contributed by atoms with E-state index in [4.69, 9.17) is 9.47 Å². The standard InChI is InChI=1S/C14H23FN2O4/c1-5-20-10(18)14(15)7-16-6-13(14)8-17(9-13)11(19)21-12(2,3)4/h16H,5-9H2,1-4H3/t14-/m1/s1. The van der Waals surface area contributed by atoms with E-state index in [1.807, 2.05) is 0 Å². The fourth-order valence-electron chi connectivity index (χ4n) is 2.84. The largest absolute Gasteiger partial charge is 0.464 e. The fourth-order valence-corrected chi connectivity index (χ4v) is 2.84. The van der Waals surface area contributed by atoms with Crippen LogP contribution < -0.4 is 5.32 Å². The van der Waals surface area contributed by atoms with E-state index in [0.29, 0.717) is 6.54 Å². The number of halogens is 1. The molecule has 0 aromatic carbocycles. The first-order valence-electron chi connectivity index (χ1n) is 7.18. The highest BCUT2D eigenvalue weighted by molar-refractivity contribution is 5.83. The van der Waals surface area contributed by atoms with E-state index in [1.54, 1.807) is 27.7 Å². The van der Waals surface area contributed by atoms with Crippen molar-refractivity contribution in [2.24, 2.45) is 5.41 Å². The van der Waals surface area contributed by atoms with Crippen molar-refractivity contribution in [2.75, 3.05) is 32.8 Å². The van der Waals surface area contributed by atoms with Crippen molar-refractivity contribution in [2.45, 2.75) is 39.0 Å². The van der Waals surface area contributed by atoms with Gasteiger partial charge in [0.05, 0.1) is 12.0 Å². The normalized spacial score (nSPS) is 27.4. The number of ether oxygens (including phenoxy) is 2. The summed E-state index contributed by atoms with van der Waals surface area (Å²) in [6.45, 7) is 7.69. The lowest BCUT2D eigenvalue weighted by molar-refractivity contribution is -0.173. The molecule has 2 saturated heterocycles. The van der Waals surface area contributed by atoms with Gasteiger partial charge in [-0.3, -0.25) is 0 Å². The lowest BCUT2D eigenvalue weighted by Crippen LogP contribution is -2.69. The Morgan fingerprint density at radius 1 is 1.29 bits per heavy atom. The van der Waals surface area contributed by atoms with Gasteiger partial charge in [-0.1, -0.05) is 0 Å². The molecule has 7 heteroatoms. The smallest absolute Gasteiger partial charge is 0.410 e. The summed E-state index contributed by atoms with van der Waals surface area (Å²) < 4.78 is 25.1. The van der Waals surface area contributed by atoms with Crippen LogP contribution in [-0.4, -0.2) is 61.0 Å². The van der Waals surface area contributed by atoms with Gasteiger partial charge in [-0.25, -0.2) is 14.0 Å². The molecule has 2 fully saturated rings. The Balaban J connectivity index is 2.03. The molecular formula is C14H23FN2O4. The molecule has 21 heavy (non-hydrogen) atoms. The molecule has 120 valence electrons. The number of hydrogen-bond acceptors (Lipinski definition) is 5. The maximum absolute atomic E-state index is 15.1. The van der Waals surface area contributed by atoms with Gasteiger partial charge in [-0.2, -0.15) is 0 Å². The average Bonchev–Trinajstić information content (AvgIpc) is 2.64. The van der Waals surface area contributed by atoms with Crippen LogP contribution in [0, 0.1) is 5.41 Å². The van der Waals surface area contributed by atoms with Gasteiger partial charge >= 0.3 is 12.1 Å². The molecule has 0 aromatic rings. The molecule has 1 N–H and O–H groups in total. The Morgan fingerprint density at radius 3 is 2.43 bits per heavy atom. The zero-order valence-corrected chi connectivity index (χ0v) is 13.0. The second-order valence-electron chi connectivity index (χ2n) is 6.74. The lowest BCUT2D eigenvalue weighted by atomic mass is 9.69. The third kappa shape index (κ3) is 2.71. The van der Waals surface area contributed by atoms with Crippen molar-refractivity contribution < 1.29 is 23.5 Å². The summed E-state index contributed by atoms with van der Waals surface area (Å²) in [6.07, 6.45) is -0.480. The molecule has 2 rings (SSSR count). The molecule has 0 aromatic heterocycles. The number of hydrogen-bond donors (Lipinski definition) is 1. The van der Waals surface area contributed by atoms with E-state index in [1.165, 1.54) is 4.90 Å². The minimum absolute atomic E-state index is 0.0754. The predicted molar refractivity (Wildman–Crippen MR) is 73.6 cm³/mol. The van der Waals surface area contributed by atoms with Crippen LogP contribution >= 0.6 is 0 Å². The van der Waals surface area contributed by atoms with E-state index in [9.17, 15) is 9.59 Å². The zero-order valence-electron chi connectivity index (χ0n) is 13.0. The van der Waals surface area contributed by atoms with E-state index in [0.717, 1.165) is 0 Å². The SMILES string of the molecule is CCOC(=O)[C@]1(F)CNCC12CN(C(=O)OC(C)(C)C)C2. The van der Waals surface area contributed by atoms with Gasteiger partial charge in [0.1, 0.15) is 5.60 Å². The highest BCUT2D eigenvalue weighted by atomic mass is 19.1. The van der Waals surface area contributed by atoms with E-state index in [-0.39, 0.29) is 26.2 Å². The van der Waals surface area contributed by atoms with Gasteiger partial charge in [0, 0.05) is 26.2 Å². The first-order chi connectivity index (χ1) is 9.63. The van der Waals surface area contributed by atoms with Crippen LogP contribution in [0.4, 0.5) is 9.18 Å². The monoisotopic (exact) mass is 302 g/mol. The molecule has 2 aliphatic rings. The second-order valence-corrected chi connectivity index (χ2v) is 6.74. The summed E-state index contributed by atoms with van der Waals surface area (Å²) in [7, 11) is 0. The topological polar surface area (TPSA) is 67.9 Å². The maximum Gasteiger partial charge on any atom is 0.410 e. The minimum atomic E-state index is -2.08. The third-order valence-corrected chi connectivity index (χ3v) is 3.91. The highest BCUT2D eigenvalue weighted by Crippen LogP contribution is 2.47. The number of nitrogens with one attached hydrogen (secondary N) is 1. The van der Waals surface area contributed by atoms with Crippen LogP contribution in [0.2, 0.25) is 0 Å². The Labute approximate surface area is 123 Å².